The van der Waals surface area contributed by atoms with Gasteiger partial charge >= 0.3 is 0 Å². The van der Waals surface area contributed by atoms with E-state index in [-0.39, 0.29) is 0 Å². The fraction of sp³-hybridized carbons (Fsp3) is 0.867. The third kappa shape index (κ3) is 1.69. The van der Waals surface area contributed by atoms with Crippen LogP contribution >= 0.6 is 0 Å². The van der Waals surface area contributed by atoms with Crippen molar-refractivity contribution in [3.8, 4) is 0 Å². The predicted molar refractivity (Wildman–Crippen MR) is 73.7 cm³/mol. The third-order valence-electron chi connectivity index (χ3n) is 5.83. The van der Waals surface area contributed by atoms with Crippen molar-refractivity contribution in [2.45, 2.75) is 57.4 Å². The van der Waals surface area contributed by atoms with Gasteiger partial charge in [0.05, 0.1) is 16.9 Å². The first-order chi connectivity index (χ1) is 9.20. The average Bonchev–Trinajstić information content (AvgIpc) is 2.70. The molecule has 0 unspecified atom stereocenters. The normalized spacial score (nSPS) is 40.0. The van der Waals surface area contributed by atoms with Gasteiger partial charge in [-0.1, -0.05) is 5.21 Å². The van der Waals surface area contributed by atoms with Gasteiger partial charge in [0.15, 0.2) is 0 Å². The molecule has 0 aromatic carbocycles. The molecule has 0 atom stereocenters. The molecule has 5 rings (SSSR count). The van der Waals surface area contributed by atoms with Crippen LogP contribution in [-0.2, 0) is 12.0 Å². The van der Waals surface area contributed by atoms with Crippen LogP contribution < -0.4 is 5.73 Å². The zero-order valence-electron chi connectivity index (χ0n) is 11.8. The molecule has 4 fully saturated rings. The van der Waals surface area contributed by atoms with Crippen LogP contribution in [0, 0.1) is 24.7 Å². The van der Waals surface area contributed by atoms with Crippen LogP contribution in [0.1, 0.15) is 49.9 Å². The van der Waals surface area contributed by atoms with Gasteiger partial charge in [-0.15, -0.1) is 5.10 Å². The van der Waals surface area contributed by atoms with E-state index in [4.69, 9.17) is 5.73 Å². The van der Waals surface area contributed by atoms with Crippen molar-refractivity contribution in [3.05, 3.63) is 11.4 Å². The Morgan fingerprint density at radius 3 is 2.26 bits per heavy atom. The molecule has 0 radical (unpaired) electrons. The van der Waals surface area contributed by atoms with E-state index in [0.29, 0.717) is 12.1 Å². The summed E-state index contributed by atoms with van der Waals surface area (Å²) in [6.45, 7) is 2.85. The van der Waals surface area contributed by atoms with E-state index in [1.54, 1.807) is 0 Å². The number of rotatable bonds is 3. The van der Waals surface area contributed by atoms with Gasteiger partial charge in [0, 0.05) is 6.42 Å². The Balaban J connectivity index is 1.71. The maximum atomic E-state index is 5.67. The number of hydrogen-bond donors (Lipinski definition) is 1. The van der Waals surface area contributed by atoms with Crippen LogP contribution in [0.3, 0.4) is 0 Å². The number of nitrogens with two attached hydrogens (primary N) is 1. The Labute approximate surface area is 114 Å². The number of aromatic nitrogens is 3. The van der Waals surface area contributed by atoms with Crippen LogP contribution in [0.4, 0.5) is 0 Å². The van der Waals surface area contributed by atoms with Gasteiger partial charge in [0.2, 0.25) is 0 Å². The first kappa shape index (κ1) is 11.9. The maximum absolute atomic E-state index is 5.67. The summed E-state index contributed by atoms with van der Waals surface area (Å²) in [5, 5.41) is 8.93. The van der Waals surface area contributed by atoms with Crippen molar-refractivity contribution in [2.24, 2.45) is 23.5 Å². The second kappa shape index (κ2) is 4.05. The van der Waals surface area contributed by atoms with Gasteiger partial charge in [0.1, 0.15) is 0 Å². The highest BCUT2D eigenvalue weighted by molar-refractivity contribution is 5.14. The minimum absolute atomic E-state index is 0.304. The van der Waals surface area contributed by atoms with Crippen molar-refractivity contribution < 1.29 is 0 Å². The molecule has 1 heterocycles. The molecule has 2 N–H and O–H groups in total. The van der Waals surface area contributed by atoms with Gasteiger partial charge in [-0.25, -0.2) is 4.68 Å². The van der Waals surface area contributed by atoms with E-state index in [2.05, 4.69) is 21.9 Å². The fourth-order valence-corrected chi connectivity index (χ4v) is 5.50. The fourth-order valence-electron chi connectivity index (χ4n) is 5.50. The molecule has 0 saturated heterocycles. The molecule has 4 bridgehead atoms. The molecule has 4 saturated carbocycles. The first-order valence-corrected chi connectivity index (χ1v) is 7.82. The quantitative estimate of drug-likeness (QED) is 0.904. The molecule has 1 aromatic rings. The topological polar surface area (TPSA) is 56.7 Å². The lowest BCUT2D eigenvalue weighted by atomic mass is 9.53. The summed E-state index contributed by atoms with van der Waals surface area (Å²) < 4.78 is 2.29. The summed E-state index contributed by atoms with van der Waals surface area (Å²) >= 11 is 0. The second-order valence-corrected chi connectivity index (χ2v) is 7.21. The molecule has 19 heavy (non-hydrogen) atoms. The molecular formula is C15H24N4. The smallest absolute Gasteiger partial charge is 0.0869 e. The maximum Gasteiger partial charge on any atom is 0.0869 e. The van der Waals surface area contributed by atoms with Crippen LogP contribution in [0.2, 0.25) is 0 Å². The third-order valence-corrected chi connectivity index (χ3v) is 5.83. The Morgan fingerprint density at radius 1 is 1.16 bits per heavy atom. The van der Waals surface area contributed by atoms with Gasteiger partial charge in [0.25, 0.3) is 0 Å². The monoisotopic (exact) mass is 260 g/mol. The van der Waals surface area contributed by atoms with Crippen molar-refractivity contribution in [3.63, 3.8) is 0 Å². The summed E-state index contributed by atoms with van der Waals surface area (Å²) in [5.74, 6) is 2.86. The molecule has 4 heteroatoms. The summed E-state index contributed by atoms with van der Waals surface area (Å²) in [6.07, 6.45) is 9.30. The minimum Gasteiger partial charge on any atom is -0.330 e. The molecule has 0 amide bonds. The molecule has 104 valence electrons. The SMILES string of the molecule is Cc1c(CCN)nnn1C12CC3CC(CC(C3)C1)C2. The van der Waals surface area contributed by atoms with E-state index in [9.17, 15) is 0 Å². The molecule has 4 nitrogen and oxygen atoms in total. The number of hydrogen-bond acceptors (Lipinski definition) is 3. The Hall–Kier alpha value is -0.900. The zero-order valence-corrected chi connectivity index (χ0v) is 11.8. The Bertz CT molecular complexity index is 455. The van der Waals surface area contributed by atoms with Crippen LogP contribution in [0.25, 0.3) is 0 Å². The summed E-state index contributed by atoms with van der Waals surface area (Å²) in [7, 11) is 0. The van der Waals surface area contributed by atoms with Gasteiger partial charge < -0.3 is 5.73 Å². The van der Waals surface area contributed by atoms with Crippen LogP contribution in [-0.4, -0.2) is 21.5 Å². The van der Waals surface area contributed by atoms with Crippen molar-refractivity contribution in [1.29, 1.82) is 0 Å². The van der Waals surface area contributed by atoms with E-state index in [1.165, 1.54) is 44.2 Å². The van der Waals surface area contributed by atoms with E-state index in [0.717, 1.165) is 29.9 Å². The highest BCUT2D eigenvalue weighted by Crippen LogP contribution is 2.58. The Kier molecular flexibility index (Phi) is 2.53. The lowest BCUT2D eigenvalue weighted by Crippen LogP contribution is -2.52. The van der Waals surface area contributed by atoms with Gasteiger partial charge in [-0.3, -0.25) is 0 Å². The van der Waals surface area contributed by atoms with Crippen molar-refractivity contribution in [1.82, 2.24) is 15.0 Å². The largest absolute Gasteiger partial charge is 0.330 e. The molecule has 0 spiro atoms. The second-order valence-electron chi connectivity index (χ2n) is 7.21. The van der Waals surface area contributed by atoms with E-state index < -0.39 is 0 Å². The van der Waals surface area contributed by atoms with E-state index in [1.807, 2.05) is 0 Å². The molecule has 0 aliphatic heterocycles. The molecule has 1 aromatic heterocycles. The van der Waals surface area contributed by atoms with Crippen LogP contribution in [0.15, 0.2) is 0 Å². The molecule has 4 aliphatic rings. The Morgan fingerprint density at radius 2 is 1.74 bits per heavy atom. The summed E-state index contributed by atoms with van der Waals surface area (Å²) in [5.41, 5.74) is 8.35. The van der Waals surface area contributed by atoms with Gasteiger partial charge in [-0.2, -0.15) is 0 Å². The van der Waals surface area contributed by atoms with Crippen molar-refractivity contribution in [2.75, 3.05) is 6.54 Å². The lowest BCUT2D eigenvalue weighted by Gasteiger charge is -2.56. The average molecular weight is 260 g/mol. The highest BCUT2D eigenvalue weighted by Gasteiger charge is 2.53. The predicted octanol–water partition coefficient (Wildman–Crippen LogP) is 2.01. The van der Waals surface area contributed by atoms with Gasteiger partial charge in [-0.05, 0) is 69.7 Å². The standard InChI is InChI=1S/C15H24N4/c1-10-14(2-3-16)17-18-19(10)15-7-11-4-12(8-15)6-13(5-11)9-15/h11-13H,2-9,16H2,1H3. The minimum atomic E-state index is 0.304. The highest BCUT2D eigenvalue weighted by atomic mass is 15.5. The van der Waals surface area contributed by atoms with Crippen molar-refractivity contribution >= 4 is 0 Å². The first-order valence-electron chi connectivity index (χ1n) is 7.82. The van der Waals surface area contributed by atoms with Crippen LogP contribution in [0.5, 0.6) is 0 Å². The summed E-state index contributed by atoms with van der Waals surface area (Å²) in [6, 6.07) is 0. The summed E-state index contributed by atoms with van der Waals surface area (Å²) in [4.78, 5) is 0. The zero-order chi connectivity index (χ0) is 13.0. The molecular weight excluding hydrogens is 236 g/mol. The van der Waals surface area contributed by atoms with E-state index >= 15 is 0 Å². The molecule has 4 aliphatic carbocycles. The lowest BCUT2D eigenvalue weighted by molar-refractivity contribution is -0.0512. The number of nitrogens with zero attached hydrogens (tertiary/aromatic N) is 3.